The van der Waals surface area contributed by atoms with Gasteiger partial charge in [-0.25, -0.2) is 0 Å². The van der Waals surface area contributed by atoms with E-state index in [0.717, 1.165) is 19.6 Å². The first-order chi connectivity index (χ1) is 13.4. The molecule has 0 radical (unpaired) electrons. The predicted molar refractivity (Wildman–Crippen MR) is 112 cm³/mol. The summed E-state index contributed by atoms with van der Waals surface area (Å²) in [6, 6.07) is 15.4. The molecule has 1 fully saturated rings. The Balaban J connectivity index is 1.58. The van der Waals surface area contributed by atoms with Gasteiger partial charge in [-0.15, -0.1) is 0 Å². The molecule has 1 aliphatic heterocycles. The van der Waals surface area contributed by atoms with Crippen LogP contribution in [0.3, 0.4) is 0 Å². The maximum absolute atomic E-state index is 10.8. The molecule has 3 rings (SSSR count). The summed E-state index contributed by atoms with van der Waals surface area (Å²) in [5.41, 5.74) is 6.35. The van der Waals surface area contributed by atoms with Crippen LogP contribution in [-0.2, 0) is 16.1 Å². The Labute approximate surface area is 167 Å². The van der Waals surface area contributed by atoms with E-state index in [1.54, 1.807) is 4.90 Å². The molecule has 2 aromatic carbocycles. The fourth-order valence-corrected chi connectivity index (χ4v) is 3.88. The average Bonchev–Trinajstić information content (AvgIpc) is 2.61. The Kier molecular flexibility index (Phi) is 6.83. The molecule has 150 valence electrons. The number of hydrogen-bond donors (Lipinski definition) is 1. The number of morpholine rings is 1. The van der Waals surface area contributed by atoms with Gasteiger partial charge in [0, 0.05) is 26.2 Å². The van der Waals surface area contributed by atoms with Crippen molar-refractivity contribution < 1.29 is 14.6 Å². The van der Waals surface area contributed by atoms with Gasteiger partial charge < -0.3 is 9.84 Å². The maximum Gasteiger partial charge on any atom is 0.317 e. The van der Waals surface area contributed by atoms with E-state index in [1.807, 2.05) is 7.05 Å². The number of ether oxygens (including phenoxy) is 1. The molecular weight excluding hydrogens is 352 g/mol. The van der Waals surface area contributed by atoms with Crippen molar-refractivity contribution in [2.45, 2.75) is 26.5 Å². The highest BCUT2D eigenvalue weighted by atomic mass is 16.5. The molecule has 2 aromatic rings. The second kappa shape index (κ2) is 9.32. The van der Waals surface area contributed by atoms with E-state index in [1.165, 1.54) is 27.8 Å². The summed E-state index contributed by atoms with van der Waals surface area (Å²) in [4.78, 5) is 15.0. The van der Waals surface area contributed by atoms with E-state index in [4.69, 9.17) is 9.84 Å². The van der Waals surface area contributed by atoms with E-state index in [9.17, 15) is 4.79 Å². The average molecular weight is 383 g/mol. The number of likely N-dealkylation sites (N-methyl/N-ethyl adjacent to an activating group) is 1. The lowest BCUT2D eigenvalue weighted by atomic mass is 9.99. The van der Waals surface area contributed by atoms with Gasteiger partial charge in [-0.05, 0) is 37.6 Å². The number of carbonyl (C=O) groups is 1. The molecule has 0 bridgehead atoms. The highest BCUT2D eigenvalue weighted by Crippen LogP contribution is 2.23. The molecule has 1 atom stereocenters. The smallest absolute Gasteiger partial charge is 0.317 e. The van der Waals surface area contributed by atoms with Crippen LogP contribution in [0.1, 0.15) is 16.7 Å². The van der Waals surface area contributed by atoms with E-state index in [2.05, 4.69) is 61.2 Å². The summed E-state index contributed by atoms with van der Waals surface area (Å²) < 4.78 is 5.82. The molecule has 0 amide bonds. The van der Waals surface area contributed by atoms with Gasteiger partial charge in [0.2, 0.25) is 0 Å². The first-order valence-electron chi connectivity index (χ1n) is 9.81. The molecule has 0 aromatic heterocycles. The molecule has 0 spiro atoms. The van der Waals surface area contributed by atoms with Crippen LogP contribution in [0, 0.1) is 13.8 Å². The van der Waals surface area contributed by atoms with Crippen molar-refractivity contribution in [3.05, 3.63) is 59.2 Å². The molecule has 1 saturated heterocycles. The number of benzene rings is 2. The number of rotatable bonds is 7. The SMILES string of the molecule is Cc1cc(C)cc(-c2ccc(CN3CCOC(CN(C)CC(=O)O)C3)cc2)c1. The second-order valence-electron chi connectivity index (χ2n) is 7.89. The molecule has 0 saturated carbocycles. The topological polar surface area (TPSA) is 53.0 Å². The Bertz CT molecular complexity index is 784. The van der Waals surface area contributed by atoms with Crippen LogP contribution in [-0.4, -0.2) is 66.8 Å². The summed E-state index contributed by atoms with van der Waals surface area (Å²) in [6.07, 6.45) is 0.0487. The minimum Gasteiger partial charge on any atom is -0.480 e. The molecule has 0 aliphatic carbocycles. The number of hydrogen-bond acceptors (Lipinski definition) is 4. The van der Waals surface area contributed by atoms with E-state index in [0.29, 0.717) is 13.2 Å². The third-order valence-corrected chi connectivity index (χ3v) is 5.06. The number of carboxylic acids is 1. The van der Waals surface area contributed by atoms with Crippen LogP contribution < -0.4 is 0 Å². The van der Waals surface area contributed by atoms with Gasteiger partial charge in [-0.1, -0.05) is 53.6 Å². The van der Waals surface area contributed by atoms with Crippen LogP contribution in [0.4, 0.5) is 0 Å². The largest absolute Gasteiger partial charge is 0.480 e. The Hall–Kier alpha value is -2.21. The number of aryl methyl sites for hydroxylation is 2. The third kappa shape index (κ3) is 5.89. The lowest BCUT2D eigenvalue weighted by molar-refractivity contribution is -0.138. The standard InChI is InChI=1S/C23H30N2O3/c1-17-10-18(2)12-21(11-17)20-6-4-19(5-7-20)13-25-8-9-28-22(15-25)14-24(3)16-23(26)27/h4-7,10-12,22H,8-9,13-16H2,1-3H3,(H,26,27). The molecular formula is C23H30N2O3. The fourth-order valence-electron chi connectivity index (χ4n) is 3.88. The first-order valence-corrected chi connectivity index (χ1v) is 9.81. The van der Waals surface area contributed by atoms with Crippen molar-refractivity contribution in [2.75, 3.05) is 39.8 Å². The van der Waals surface area contributed by atoms with Crippen molar-refractivity contribution in [1.82, 2.24) is 9.80 Å². The van der Waals surface area contributed by atoms with Crippen molar-refractivity contribution in [1.29, 1.82) is 0 Å². The van der Waals surface area contributed by atoms with Crippen LogP contribution >= 0.6 is 0 Å². The summed E-state index contributed by atoms with van der Waals surface area (Å²) in [6.45, 7) is 8.23. The lowest BCUT2D eigenvalue weighted by Crippen LogP contribution is -2.47. The summed E-state index contributed by atoms with van der Waals surface area (Å²) in [7, 11) is 1.82. The molecule has 1 aliphatic rings. The summed E-state index contributed by atoms with van der Waals surface area (Å²) >= 11 is 0. The lowest BCUT2D eigenvalue weighted by Gasteiger charge is -2.34. The zero-order valence-electron chi connectivity index (χ0n) is 17.0. The zero-order chi connectivity index (χ0) is 20.1. The minimum atomic E-state index is -0.806. The van der Waals surface area contributed by atoms with Crippen LogP contribution in [0.2, 0.25) is 0 Å². The normalized spacial score (nSPS) is 17.8. The Morgan fingerprint density at radius 3 is 2.46 bits per heavy atom. The maximum atomic E-state index is 10.8. The van der Waals surface area contributed by atoms with E-state index in [-0.39, 0.29) is 12.6 Å². The fraction of sp³-hybridized carbons (Fsp3) is 0.435. The van der Waals surface area contributed by atoms with Gasteiger partial charge >= 0.3 is 5.97 Å². The highest BCUT2D eigenvalue weighted by Gasteiger charge is 2.22. The number of carboxylic acid groups (broad SMARTS) is 1. The summed E-state index contributed by atoms with van der Waals surface area (Å²) in [5, 5.41) is 8.90. The van der Waals surface area contributed by atoms with Crippen molar-refractivity contribution in [2.24, 2.45) is 0 Å². The van der Waals surface area contributed by atoms with Gasteiger partial charge in [0.05, 0.1) is 19.3 Å². The zero-order valence-corrected chi connectivity index (χ0v) is 17.0. The molecule has 5 nitrogen and oxygen atoms in total. The van der Waals surface area contributed by atoms with Crippen molar-refractivity contribution in [3.63, 3.8) is 0 Å². The second-order valence-corrected chi connectivity index (χ2v) is 7.89. The van der Waals surface area contributed by atoms with Crippen LogP contribution in [0.15, 0.2) is 42.5 Å². The quantitative estimate of drug-likeness (QED) is 0.797. The highest BCUT2D eigenvalue weighted by molar-refractivity contribution is 5.69. The van der Waals surface area contributed by atoms with Crippen molar-refractivity contribution >= 4 is 5.97 Å². The third-order valence-electron chi connectivity index (χ3n) is 5.06. The van der Waals surface area contributed by atoms with Crippen LogP contribution in [0.5, 0.6) is 0 Å². The van der Waals surface area contributed by atoms with Gasteiger partial charge in [-0.2, -0.15) is 0 Å². The first kappa shape index (κ1) is 20.5. The number of aliphatic carboxylic acids is 1. The molecule has 28 heavy (non-hydrogen) atoms. The molecule has 1 heterocycles. The minimum absolute atomic E-state index is 0.0414. The molecule has 1 N–H and O–H groups in total. The Morgan fingerprint density at radius 2 is 1.82 bits per heavy atom. The Morgan fingerprint density at radius 1 is 1.14 bits per heavy atom. The predicted octanol–water partition coefficient (Wildman–Crippen LogP) is 3.19. The van der Waals surface area contributed by atoms with Gasteiger partial charge in [0.15, 0.2) is 0 Å². The van der Waals surface area contributed by atoms with Crippen LogP contribution in [0.25, 0.3) is 11.1 Å². The van der Waals surface area contributed by atoms with Gasteiger partial charge in [-0.3, -0.25) is 14.6 Å². The van der Waals surface area contributed by atoms with Gasteiger partial charge in [0.25, 0.3) is 0 Å². The monoisotopic (exact) mass is 382 g/mol. The van der Waals surface area contributed by atoms with Gasteiger partial charge in [0.1, 0.15) is 0 Å². The summed E-state index contributed by atoms with van der Waals surface area (Å²) in [5.74, 6) is -0.806. The van der Waals surface area contributed by atoms with E-state index >= 15 is 0 Å². The molecule has 5 heteroatoms. The molecule has 1 unspecified atom stereocenters. The number of nitrogens with zero attached hydrogens (tertiary/aromatic N) is 2. The van der Waals surface area contributed by atoms with E-state index < -0.39 is 5.97 Å². The van der Waals surface area contributed by atoms with Crippen molar-refractivity contribution in [3.8, 4) is 11.1 Å².